The molecule has 0 bridgehead atoms. The molecule has 1 aliphatic carbocycles. The number of carbonyl (C=O) groups excluding carboxylic acids is 1. The molecule has 0 aliphatic heterocycles. The van der Waals surface area contributed by atoms with Crippen LogP contribution in [0.3, 0.4) is 0 Å². The average molecular weight is 465 g/mol. The summed E-state index contributed by atoms with van der Waals surface area (Å²) in [7, 11) is 0. The summed E-state index contributed by atoms with van der Waals surface area (Å²) in [6.07, 6.45) is -0.204. The number of alkyl halides is 3. The molecule has 0 spiro atoms. The van der Waals surface area contributed by atoms with Crippen LogP contribution in [-0.4, -0.2) is 32.1 Å². The zero-order valence-electron chi connectivity index (χ0n) is 16.6. The van der Waals surface area contributed by atoms with E-state index < -0.39 is 35.4 Å². The van der Waals surface area contributed by atoms with Crippen LogP contribution in [0.2, 0.25) is 0 Å². The van der Waals surface area contributed by atoms with Gasteiger partial charge in [-0.3, -0.25) is 9.78 Å². The van der Waals surface area contributed by atoms with E-state index in [1.54, 1.807) is 6.07 Å². The highest BCUT2D eigenvalue weighted by atomic mass is 19.4. The van der Waals surface area contributed by atoms with Crippen LogP contribution in [0.15, 0.2) is 35.4 Å². The van der Waals surface area contributed by atoms with Crippen molar-refractivity contribution in [3.63, 3.8) is 0 Å². The van der Waals surface area contributed by atoms with Gasteiger partial charge in [0.05, 0.1) is 6.07 Å². The third-order valence-electron chi connectivity index (χ3n) is 4.98. The first kappa shape index (κ1) is 22.2. The molecule has 3 aromatic rings. The van der Waals surface area contributed by atoms with E-state index in [0.29, 0.717) is 11.1 Å². The molecule has 1 saturated carbocycles. The van der Waals surface area contributed by atoms with Gasteiger partial charge in [-0.2, -0.15) is 18.2 Å². The Morgan fingerprint density at radius 3 is 2.48 bits per heavy atom. The van der Waals surface area contributed by atoms with Crippen molar-refractivity contribution in [2.75, 3.05) is 5.73 Å². The predicted octanol–water partition coefficient (Wildman–Crippen LogP) is 3.48. The lowest BCUT2D eigenvalue weighted by Crippen LogP contribution is -2.29. The molecule has 0 unspecified atom stereocenters. The number of hydrogen-bond acceptors (Lipinski definition) is 8. The minimum Gasteiger partial charge on any atom is -0.435 e. The Morgan fingerprint density at radius 2 is 1.88 bits per heavy atom. The fourth-order valence-electron chi connectivity index (χ4n) is 3.18. The second-order valence-electron chi connectivity index (χ2n) is 7.18. The Labute approximate surface area is 182 Å². The molecule has 3 N–H and O–H groups in total. The van der Waals surface area contributed by atoms with Gasteiger partial charge in [-0.1, -0.05) is 18.6 Å². The number of carbonyl (C=O) groups is 1. The lowest BCUT2D eigenvalue weighted by molar-refractivity contribution is -0.190. The van der Waals surface area contributed by atoms with Crippen molar-refractivity contribution >= 4 is 11.9 Å². The van der Waals surface area contributed by atoms with Crippen LogP contribution < -0.4 is 20.8 Å². The molecule has 4 rings (SSSR count). The molecule has 2 heterocycles. The summed E-state index contributed by atoms with van der Waals surface area (Å²) in [4.78, 5) is 36.0. The number of nitrogens with two attached hydrogens (primary N) is 1. The van der Waals surface area contributed by atoms with Crippen molar-refractivity contribution in [2.45, 2.75) is 31.4 Å². The highest BCUT2D eigenvalue weighted by molar-refractivity contribution is 5.77. The minimum atomic E-state index is -5.31. The van der Waals surface area contributed by atoms with E-state index in [2.05, 4.69) is 19.7 Å². The molecular weight excluding hydrogens is 450 g/mol. The SMILES string of the molecule is Nc1ncc(-c2ccc(C3CCC3)c(Oc3cc(=O)[nH]c(OC(=O)C(F)(F)F)n3)c2F)cn1. The summed E-state index contributed by atoms with van der Waals surface area (Å²) < 4.78 is 62.5. The maximum atomic E-state index is 15.5. The first-order chi connectivity index (χ1) is 15.6. The number of aromatic amines is 1. The van der Waals surface area contributed by atoms with Crippen molar-refractivity contribution in [1.82, 2.24) is 19.9 Å². The minimum absolute atomic E-state index is 0.00429. The number of halogens is 4. The number of ether oxygens (including phenoxy) is 2. The van der Waals surface area contributed by atoms with E-state index in [1.165, 1.54) is 18.5 Å². The Morgan fingerprint density at radius 1 is 1.18 bits per heavy atom. The predicted molar refractivity (Wildman–Crippen MR) is 105 cm³/mol. The van der Waals surface area contributed by atoms with Gasteiger partial charge in [0.15, 0.2) is 11.6 Å². The molecule has 2 aromatic heterocycles. The van der Waals surface area contributed by atoms with E-state index in [-0.39, 0.29) is 23.2 Å². The topological polar surface area (TPSA) is 133 Å². The summed E-state index contributed by atoms with van der Waals surface area (Å²) >= 11 is 0. The number of rotatable bonds is 5. The van der Waals surface area contributed by atoms with Crippen LogP contribution in [0.5, 0.6) is 17.6 Å². The average Bonchev–Trinajstić information content (AvgIpc) is 2.69. The first-order valence-electron chi connectivity index (χ1n) is 9.60. The number of benzene rings is 1. The fourth-order valence-corrected chi connectivity index (χ4v) is 3.18. The van der Waals surface area contributed by atoms with Gasteiger partial charge in [0, 0.05) is 29.1 Å². The molecule has 9 nitrogen and oxygen atoms in total. The standard InChI is InChI=1S/C20H15F4N5O4/c21-15-11(10-7-26-18(25)27-8-10)4-5-12(9-2-1-3-9)16(15)32-14-6-13(30)28-19(29-14)33-17(31)20(22,23)24/h4-9H,1-3H2,(H2,25,26,27)(H,28,29,30). The molecule has 0 atom stereocenters. The van der Waals surface area contributed by atoms with Gasteiger partial charge in [-0.05, 0) is 18.8 Å². The third-order valence-corrected chi connectivity index (χ3v) is 4.98. The Kier molecular flexibility index (Phi) is 5.70. The van der Waals surface area contributed by atoms with Crippen LogP contribution in [-0.2, 0) is 4.79 Å². The number of nitrogens with one attached hydrogen (secondary N) is 1. The van der Waals surface area contributed by atoms with Crippen LogP contribution in [0.1, 0.15) is 30.7 Å². The van der Waals surface area contributed by atoms with Crippen molar-refractivity contribution < 1.29 is 31.8 Å². The van der Waals surface area contributed by atoms with Gasteiger partial charge in [-0.25, -0.2) is 19.2 Å². The second kappa shape index (κ2) is 8.48. The number of esters is 1. The molecule has 1 fully saturated rings. The fraction of sp³-hybridized carbons (Fsp3) is 0.250. The molecular formula is C20H15F4N5O4. The molecule has 1 aliphatic rings. The number of aromatic nitrogens is 4. The number of hydrogen-bond donors (Lipinski definition) is 2. The van der Waals surface area contributed by atoms with E-state index in [1.807, 2.05) is 4.98 Å². The summed E-state index contributed by atoms with van der Waals surface area (Å²) in [5, 5.41) is 0. The summed E-state index contributed by atoms with van der Waals surface area (Å²) in [5.74, 6) is -4.25. The molecule has 33 heavy (non-hydrogen) atoms. The summed E-state index contributed by atoms with van der Waals surface area (Å²) in [6.45, 7) is 0. The Hall–Kier alpha value is -4.03. The van der Waals surface area contributed by atoms with Gasteiger partial charge >= 0.3 is 18.2 Å². The lowest BCUT2D eigenvalue weighted by Gasteiger charge is -2.28. The highest BCUT2D eigenvalue weighted by Crippen LogP contribution is 2.45. The van der Waals surface area contributed by atoms with Crippen LogP contribution in [0.25, 0.3) is 11.1 Å². The third kappa shape index (κ3) is 4.76. The van der Waals surface area contributed by atoms with Crippen LogP contribution >= 0.6 is 0 Å². The van der Waals surface area contributed by atoms with Gasteiger partial charge in [-0.15, -0.1) is 0 Å². The quantitative estimate of drug-likeness (QED) is 0.432. The molecule has 0 saturated heterocycles. The molecule has 1 aromatic carbocycles. The number of H-pyrrole nitrogens is 1. The van der Waals surface area contributed by atoms with Crippen molar-refractivity contribution in [1.29, 1.82) is 0 Å². The zero-order chi connectivity index (χ0) is 23.8. The molecule has 13 heteroatoms. The lowest BCUT2D eigenvalue weighted by atomic mass is 9.79. The zero-order valence-corrected chi connectivity index (χ0v) is 16.6. The molecule has 0 radical (unpaired) electrons. The molecule has 172 valence electrons. The van der Waals surface area contributed by atoms with Gasteiger partial charge < -0.3 is 15.2 Å². The van der Waals surface area contributed by atoms with E-state index >= 15 is 4.39 Å². The van der Waals surface area contributed by atoms with E-state index in [0.717, 1.165) is 25.3 Å². The maximum absolute atomic E-state index is 15.5. The van der Waals surface area contributed by atoms with E-state index in [9.17, 15) is 22.8 Å². The summed E-state index contributed by atoms with van der Waals surface area (Å²) in [6, 6.07) is 2.90. The Balaban J connectivity index is 1.73. The highest BCUT2D eigenvalue weighted by Gasteiger charge is 2.42. The Bertz CT molecular complexity index is 1260. The number of anilines is 1. The van der Waals surface area contributed by atoms with Crippen molar-refractivity contribution in [2.24, 2.45) is 0 Å². The van der Waals surface area contributed by atoms with Crippen LogP contribution in [0, 0.1) is 5.82 Å². The molecule has 0 amide bonds. The normalized spacial score (nSPS) is 13.9. The first-order valence-corrected chi connectivity index (χ1v) is 9.60. The maximum Gasteiger partial charge on any atom is 0.491 e. The number of nitrogen functional groups attached to an aromatic ring is 1. The summed E-state index contributed by atoms with van der Waals surface area (Å²) in [5.41, 5.74) is 5.36. The van der Waals surface area contributed by atoms with Gasteiger partial charge in [0.2, 0.25) is 11.8 Å². The number of nitrogens with zero attached hydrogens (tertiary/aromatic N) is 3. The van der Waals surface area contributed by atoms with Crippen molar-refractivity contribution in [3.05, 3.63) is 52.3 Å². The van der Waals surface area contributed by atoms with Crippen LogP contribution in [0.4, 0.5) is 23.5 Å². The smallest absolute Gasteiger partial charge is 0.435 e. The van der Waals surface area contributed by atoms with Gasteiger partial charge in [0.1, 0.15) is 0 Å². The van der Waals surface area contributed by atoms with Gasteiger partial charge in [0.25, 0.3) is 5.56 Å². The largest absolute Gasteiger partial charge is 0.491 e. The second-order valence-corrected chi connectivity index (χ2v) is 7.18. The monoisotopic (exact) mass is 465 g/mol. The van der Waals surface area contributed by atoms with Crippen molar-refractivity contribution in [3.8, 4) is 28.8 Å². The van der Waals surface area contributed by atoms with E-state index in [4.69, 9.17) is 10.5 Å².